The zero-order valence-corrected chi connectivity index (χ0v) is 13.4. The lowest BCUT2D eigenvalue weighted by Crippen LogP contribution is -2.38. The summed E-state index contributed by atoms with van der Waals surface area (Å²) in [7, 11) is 1.59. The van der Waals surface area contributed by atoms with Crippen LogP contribution in [0.15, 0.2) is 30.9 Å². The third-order valence-corrected chi connectivity index (χ3v) is 4.18. The van der Waals surface area contributed by atoms with Crippen molar-refractivity contribution in [3.63, 3.8) is 0 Å². The van der Waals surface area contributed by atoms with Crippen LogP contribution < -0.4 is 5.32 Å². The van der Waals surface area contributed by atoms with E-state index >= 15 is 0 Å². The first kappa shape index (κ1) is 16.3. The Morgan fingerprint density at radius 1 is 1.32 bits per heavy atom. The number of nitrogens with zero attached hydrogens (tertiary/aromatic N) is 1. The summed E-state index contributed by atoms with van der Waals surface area (Å²) in [5.74, 6) is -0.417. The van der Waals surface area contributed by atoms with Crippen LogP contribution >= 0.6 is 0 Å². The summed E-state index contributed by atoms with van der Waals surface area (Å²) in [5.41, 5.74) is 3.96. The fraction of sp³-hybridized carbons (Fsp3) is 0.444. The van der Waals surface area contributed by atoms with Crippen molar-refractivity contribution in [3.8, 4) is 0 Å². The third kappa shape index (κ3) is 3.97. The number of carbonyl (C=O) groups excluding carboxylic acids is 2. The SMILES string of the molecule is C=CC(=O)N(C)CC(=O)N[C@@H](C)c1ccc2c(c1)CCCC2. The van der Waals surface area contributed by atoms with Gasteiger partial charge < -0.3 is 10.2 Å². The minimum atomic E-state index is -0.253. The van der Waals surface area contributed by atoms with E-state index in [0.29, 0.717) is 0 Å². The highest BCUT2D eigenvalue weighted by Crippen LogP contribution is 2.24. The molecule has 0 unspecified atom stereocenters. The van der Waals surface area contributed by atoms with Crippen molar-refractivity contribution < 1.29 is 9.59 Å². The topological polar surface area (TPSA) is 49.4 Å². The maximum Gasteiger partial charge on any atom is 0.246 e. The van der Waals surface area contributed by atoms with E-state index in [4.69, 9.17) is 0 Å². The van der Waals surface area contributed by atoms with Gasteiger partial charge in [0, 0.05) is 7.05 Å². The Kier molecular flexibility index (Phi) is 5.36. The average molecular weight is 300 g/mol. The van der Waals surface area contributed by atoms with Gasteiger partial charge in [-0.25, -0.2) is 0 Å². The summed E-state index contributed by atoms with van der Waals surface area (Å²) in [6.45, 7) is 5.43. The summed E-state index contributed by atoms with van der Waals surface area (Å²) < 4.78 is 0. The predicted molar refractivity (Wildman–Crippen MR) is 87.5 cm³/mol. The lowest BCUT2D eigenvalue weighted by atomic mass is 9.89. The van der Waals surface area contributed by atoms with Crippen molar-refractivity contribution in [1.29, 1.82) is 0 Å². The molecule has 1 aromatic carbocycles. The molecular formula is C18H24N2O2. The molecule has 2 rings (SSSR count). The van der Waals surface area contributed by atoms with Crippen molar-refractivity contribution in [2.45, 2.75) is 38.6 Å². The average Bonchev–Trinajstić information content (AvgIpc) is 2.53. The molecule has 1 atom stereocenters. The second-order valence-electron chi connectivity index (χ2n) is 5.92. The van der Waals surface area contributed by atoms with E-state index in [2.05, 4.69) is 30.1 Å². The molecule has 0 aliphatic heterocycles. The zero-order chi connectivity index (χ0) is 16.1. The molecule has 0 fully saturated rings. The monoisotopic (exact) mass is 300 g/mol. The van der Waals surface area contributed by atoms with E-state index in [0.717, 1.165) is 18.4 Å². The number of aryl methyl sites for hydroxylation is 2. The maximum absolute atomic E-state index is 12.0. The van der Waals surface area contributed by atoms with Crippen LogP contribution in [0, 0.1) is 0 Å². The summed E-state index contributed by atoms with van der Waals surface area (Å²) in [6, 6.07) is 6.41. The highest BCUT2D eigenvalue weighted by molar-refractivity contribution is 5.90. The smallest absolute Gasteiger partial charge is 0.246 e. The van der Waals surface area contributed by atoms with Gasteiger partial charge in [0.1, 0.15) is 0 Å². The van der Waals surface area contributed by atoms with Crippen molar-refractivity contribution in [3.05, 3.63) is 47.5 Å². The van der Waals surface area contributed by atoms with Crippen molar-refractivity contribution in [1.82, 2.24) is 10.2 Å². The normalized spacial score (nSPS) is 14.6. The molecule has 1 aromatic rings. The number of amides is 2. The molecular weight excluding hydrogens is 276 g/mol. The second-order valence-corrected chi connectivity index (χ2v) is 5.92. The maximum atomic E-state index is 12.0. The van der Waals surface area contributed by atoms with Crippen LogP contribution in [0.2, 0.25) is 0 Å². The molecule has 0 spiro atoms. The predicted octanol–water partition coefficient (Wildman–Crippen LogP) is 2.39. The van der Waals surface area contributed by atoms with E-state index < -0.39 is 0 Å². The van der Waals surface area contributed by atoms with E-state index in [1.165, 1.54) is 34.9 Å². The summed E-state index contributed by atoms with van der Waals surface area (Å²) >= 11 is 0. The molecule has 0 heterocycles. The van der Waals surface area contributed by atoms with Crippen LogP contribution in [0.4, 0.5) is 0 Å². The minimum Gasteiger partial charge on any atom is -0.348 e. The summed E-state index contributed by atoms with van der Waals surface area (Å²) in [6.07, 6.45) is 6.00. The van der Waals surface area contributed by atoms with Gasteiger partial charge >= 0.3 is 0 Å². The quantitative estimate of drug-likeness (QED) is 0.849. The van der Waals surface area contributed by atoms with Gasteiger partial charge in [-0.2, -0.15) is 0 Å². The van der Waals surface area contributed by atoms with Gasteiger partial charge in [0.2, 0.25) is 11.8 Å². The standard InChI is InChI=1S/C18H24N2O2/c1-4-18(22)20(3)12-17(21)19-13(2)15-10-9-14-7-5-6-8-16(14)11-15/h4,9-11,13H,1,5-8,12H2,2-3H3,(H,19,21)/t13-/m0/s1. The van der Waals surface area contributed by atoms with Crippen molar-refractivity contribution in [2.24, 2.45) is 0 Å². The number of nitrogens with one attached hydrogen (secondary N) is 1. The third-order valence-electron chi connectivity index (χ3n) is 4.18. The fourth-order valence-corrected chi connectivity index (χ4v) is 2.84. The lowest BCUT2D eigenvalue weighted by Gasteiger charge is -2.21. The molecule has 1 aliphatic carbocycles. The highest BCUT2D eigenvalue weighted by atomic mass is 16.2. The molecule has 118 valence electrons. The van der Waals surface area contributed by atoms with Crippen molar-refractivity contribution >= 4 is 11.8 Å². The molecule has 4 nitrogen and oxygen atoms in total. The van der Waals surface area contributed by atoms with Crippen molar-refractivity contribution in [2.75, 3.05) is 13.6 Å². The Balaban J connectivity index is 1.97. The Labute approximate surface area is 132 Å². The molecule has 4 heteroatoms. The van der Waals surface area contributed by atoms with Crippen LogP contribution in [0.3, 0.4) is 0 Å². The van der Waals surface area contributed by atoms with Crippen LogP contribution in [0.1, 0.15) is 42.5 Å². The van der Waals surface area contributed by atoms with Gasteiger partial charge in [-0.1, -0.05) is 24.8 Å². The molecule has 1 N–H and O–H groups in total. The van der Waals surface area contributed by atoms with Gasteiger partial charge in [-0.05, 0) is 55.4 Å². The first-order chi connectivity index (χ1) is 10.5. The van der Waals surface area contributed by atoms with E-state index in [-0.39, 0.29) is 24.4 Å². The number of rotatable bonds is 5. The Morgan fingerprint density at radius 3 is 2.68 bits per heavy atom. The number of benzene rings is 1. The number of fused-ring (bicyclic) bond motifs is 1. The lowest BCUT2D eigenvalue weighted by molar-refractivity contribution is -0.131. The molecule has 2 amide bonds. The molecule has 1 aliphatic rings. The molecule has 0 radical (unpaired) electrons. The molecule has 22 heavy (non-hydrogen) atoms. The van der Waals surface area contributed by atoms with E-state index in [1.807, 2.05) is 6.92 Å². The van der Waals surface area contributed by atoms with Gasteiger partial charge in [0.25, 0.3) is 0 Å². The van der Waals surface area contributed by atoms with Crippen LogP contribution in [0.25, 0.3) is 0 Å². The molecule has 0 bridgehead atoms. The van der Waals surface area contributed by atoms with Gasteiger partial charge in [0.15, 0.2) is 0 Å². The molecule has 0 saturated heterocycles. The first-order valence-electron chi connectivity index (χ1n) is 7.80. The second kappa shape index (κ2) is 7.25. The Bertz CT molecular complexity index is 580. The largest absolute Gasteiger partial charge is 0.348 e. The Morgan fingerprint density at radius 2 is 2.00 bits per heavy atom. The van der Waals surface area contributed by atoms with E-state index in [9.17, 15) is 9.59 Å². The van der Waals surface area contributed by atoms with Crippen LogP contribution in [-0.2, 0) is 22.4 Å². The fourth-order valence-electron chi connectivity index (χ4n) is 2.84. The van der Waals surface area contributed by atoms with E-state index in [1.54, 1.807) is 7.05 Å². The van der Waals surface area contributed by atoms with Crippen LogP contribution in [-0.4, -0.2) is 30.3 Å². The van der Waals surface area contributed by atoms with Crippen LogP contribution in [0.5, 0.6) is 0 Å². The summed E-state index contributed by atoms with van der Waals surface area (Å²) in [5, 5.41) is 2.95. The molecule has 0 saturated carbocycles. The first-order valence-corrected chi connectivity index (χ1v) is 7.80. The number of likely N-dealkylation sites (N-methyl/N-ethyl adjacent to an activating group) is 1. The Hall–Kier alpha value is -2.10. The highest BCUT2D eigenvalue weighted by Gasteiger charge is 2.15. The van der Waals surface area contributed by atoms with Gasteiger partial charge in [-0.15, -0.1) is 0 Å². The zero-order valence-electron chi connectivity index (χ0n) is 13.4. The number of hydrogen-bond donors (Lipinski definition) is 1. The van der Waals surface area contributed by atoms with Gasteiger partial charge in [-0.3, -0.25) is 9.59 Å². The number of carbonyl (C=O) groups is 2. The summed E-state index contributed by atoms with van der Waals surface area (Å²) in [4.78, 5) is 24.7. The molecule has 0 aromatic heterocycles. The number of hydrogen-bond acceptors (Lipinski definition) is 2. The van der Waals surface area contributed by atoms with Gasteiger partial charge in [0.05, 0.1) is 12.6 Å². The minimum absolute atomic E-state index is 0.0418.